The lowest BCUT2D eigenvalue weighted by Gasteiger charge is -2.21. The maximum absolute atomic E-state index is 11.0. The molecule has 0 saturated carbocycles. The highest BCUT2D eigenvalue weighted by atomic mass is 35.5. The van der Waals surface area contributed by atoms with Gasteiger partial charge in [0.15, 0.2) is 5.69 Å². The minimum absolute atomic E-state index is 0.108. The number of halogens is 1. The topological polar surface area (TPSA) is 53.4 Å². The first kappa shape index (κ1) is 13.8. The predicted octanol–water partition coefficient (Wildman–Crippen LogP) is 3.52. The van der Waals surface area contributed by atoms with Gasteiger partial charge in [-0.3, -0.25) is 0 Å². The molecule has 2 aromatic rings. The van der Waals surface area contributed by atoms with E-state index in [1.54, 1.807) is 23.5 Å². The summed E-state index contributed by atoms with van der Waals surface area (Å²) in [7, 11) is 0. The molecule has 0 unspecified atom stereocenters. The molecule has 0 aliphatic carbocycles. The molecule has 0 aliphatic rings. The van der Waals surface area contributed by atoms with Gasteiger partial charge in [0.2, 0.25) is 0 Å². The van der Waals surface area contributed by atoms with E-state index in [1.165, 1.54) is 4.88 Å². The molecular formula is C13H13ClN2O2S. The number of carbonyl (C=O) groups is 1. The van der Waals surface area contributed by atoms with Gasteiger partial charge in [-0.1, -0.05) is 17.7 Å². The first-order valence-corrected chi connectivity index (χ1v) is 7.04. The normalized spacial score (nSPS) is 10.4. The summed E-state index contributed by atoms with van der Waals surface area (Å²) >= 11 is 7.49. The Bertz CT molecular complexity index is 572. The molecule has 2 aromatic heterocycles. The van der Waals surface area contributed by atoms with Gasteiger partial charge in [-0.05, 0) is 30.5 Å². The van der Waals surface area contributed by atoms with E-state index in [9.17, 15) is 4.79 Å². The molecular weight excluding hydrogens is 284 g/mol. The molecule has 0 aromatic carbocycles. The molecule has 0 radical (unpaired) electrons. The van der Waals surface area contributed by atoms with Crippen molar-refractivity contribution in [3.8, 4) is 0 Å². The van der Waals surface area contributed by atoms with Crippen LogP contribution >= 0.6 is 22.9 Å². The van der Waals surface area contributed by atoms with Gasteiger partial charge in [-0.2, -0.15) is 0 Å². The fraction of sp³-hybridized carbons (Fsp3) is 0.231. The molecule has 4 nitrogen and oxygen atoms in total. The molecule has 1 N–H and O–H groups in total. The zero-order valence-electron chi connectivity index (χ0n) is 10.3. The molecule has 0 amide bonds. The second kappa shape index (κ2) is 6.04. The number of aromatic carboxylic acids is 1. The predicted molar refractivity (Wildman–Crippen MR) is 77.2 cm³/mol. The molecule has 2 heterocycles. The van der Waals surface area contributed by atoms with Gasteiger partial charge in [0.25, 0.3) is 0 Å². The summed E-state index contributed by atoms with van der Waals surface area (Å²) in [6.07, 6.45) is 0. The Balaban J connectivity index is 2.28. The van der Waals surface area contributed by atoms with Crippen molar-refractivity contribution in [2.45, 2.75) is 13.5 Å². The Kier molecular flexibility index (Phi) is 4.39. The molecule has 0 aliphatic heterocycles. The molecule has 0 bridgehead atoms. The quantitative estimate of drug-likeness (QED) is 0.917. The summed E-state index contributed by atoms with van der Waals surface area (Å²) in [5, 5.41) is 11.2. The lowest BCUT2D eigenvalue weighted by Crippen LogP contribution is -2.23. The van der Waals surface area contributed by atoms with Crippen LogP contribution < -0.4 is 4.90 Å². The molecule has 19 heavy (non-hydrogen) atoms. The molecule has 100 valence electrons. The van der Waals surface area contributed by atoms with Crippen molar-refractivity contribution in [1.29, 1.82) is 0 Å². The summed E-state index contributed by atoms with van der Waals surface area (Å²) in [5.41, 5.74) is -0.108. The zero-order chi connectivity index (χ0) is 13.8. The van der Waals surface area contributed by atoms with Gasteiger partial charge >= 0.3 is 5.97 Å². The molecule has 0 spiro atoms. The van der Waals surface area contributed by atoms with Crippen LogP contribution in [-0.2, 0) is 6.54 Å². The van der Waals surface area contributed by atoms with Crippen LogP contribution in [0.15, 0.2) is 29.6 Å². The average molecular weight is 297 g/mol. The summed E-state index contributed by atoms with van der Waals surface area (Å²) in [6, 6.07) is 7.35. The van der Waals surface area contributed by atoms with Crippen LogP contribution in [0.3, 0.4) is 0 Å². The van der Waals surface area contributed by atoms with Crippen molar-refractivity contribution in [2.75, 3.05) is 11.4 Å². The molecule has 6 heteroatoms. The second-order valence-electron chi connectivity index (χ2n) is 3.90. The Morgan fingerprint density at radius 2 is 2.26 bits per heavy atom. The Labute approximate surface area is 120 Å². The minimum Gasteiger partial charge on any atom is -0.476 e. The number of pyridine rings is 1. The van der Waals surface area contributed by atoms with E-state index < -0.39 is 5.97 Å². The van der Waals surface area contributed by atoms with Crippen LogP contribution in [-0.4, -0.2) is 22.6 Å². The van der Waals surface area contributed by atoms with Crippen LogP contribution in [0.5, 0.6) is 0 Å². The summed E-state index contributed by atoms with van der Waals surface area (Å²) < 4.78 is 0. The third-order valence-electron chi connectivity index (χ3n) is 2.67. The number of carboxylic acid groups (broad SMARTS) is 1. The number of hydrogen-bond acceptors (Lipinski definition) is 4. The molecule has 0 fully saturated rings. The van der Waals surface area contributed by atoms with Gasteiger partial charge in [0.1, 0.15) is 5.82 Å². The molecule has 0 atom stereocenters. The SMILES string of the molecule is CCN(Cc1cccs1)c1ccc(Cl)c(C(=O)O)n1. The number of hydrogen-bond donors (Lipinski definition) is 1. The monoisotopic (exact) mass is 296 g/mol. The van der Waals surface area contributed by atoms with Crippen LogP contribution in [0.4, 0.5) is 5.82 Å². The number of anilines is 1. The lowest BCUT2D eigenvalue weighted by atomic mass is 10.3. The highest BCUT2D eigenvalue weighted by Gasteiger charge is 2.14. The highest BCUT2D eigenvalue weighted by Crippen LogP contribution is 2.22. The van der Waals surface area contributed by atoms with Crippen LogP contribution in [0, 0.1) is 0 Å². The van der Waals surface area contributed by atoms with Gasteiger partial charge in [0, 0.05) is 11.4 Å². The van der Waals surface area contributed by atoms with Crippen LogP contribution in [0.25, 0.3) is 0 Å². The average Bonchev–Trinajstić information content (AvgIpc) is 2.89. The Hall–Kier alpha value is -1.59. The maximum atomic E-state index is 11.0. The van der Waals surface area contributed by atoms with E-state index in [0.29, 0.717) is 12.4 Å². The zero-order valence-corrected chi connectivity index (χ0v) is 11.9. The molecule has 0 saturated heterocycles. The largest absolute Gasteiger partial charge is 0.476 e. The third kappa shape index (κ3) is 3.24. The number of thiophene rings is 1. The van der Waals surface area contributed by atoms with Crippen molar-refractivity contribution in [1.82, 2.24) is 4.98 Å². The van der Waals surface area contributed by atoms with E-state index in [4.69, 9.17) is 16.7 Å². The first-order chi connectivity index (χ1) is 9.11. The molecule has 2 rings (SSSR count). The maximum Gasteiger partial charge on any atom is 0.356 e. The summed E-state index contributed by atoms with van der Waals surface area (Å²) in [6.45, 7) is 3.46. The van der Waals surface area contributed by atoms with E-state index in [2.05, 4.69) is 4.98 Å². The second-order valence-corrected chi connectivity index (χ2v) is 5.34. The number of carboxylic acids is 1. The van der Waals surface area contributed by atoms with Gasteiger partial charge < -0.3 is 10.0 Å². The smallest absolute Gasteiger partial charge is 0.356 e. The van der Waals surface area contributed by atoms with Crippen molar-refractivity contribution in [3.05, 3.63) is 45.2 Å². The Morgan fingerprint density at radius 1 is 1.47 bits per heavy atom. The lowest BCUT2D eigenvalue weighted by molar-refractivity contribution is 0.0691. The van der Waals surface area contributed by atoms with Crippen LogP contribution in [0.2, 0.25) is 5.02 Å². The van der Waals surface area contributed by atoms with Crippen molar-refractivity contribution in [3.63, 3.8) is 0 Å². The van der Waals surface area contributed by atoms with E-state index in [0.717, 1.165) is 6.54 Å². The van der Waals surface area contributed by atoms with Gasteiger partial charge in [-0.15, -0.1) is 11.3 Å². The third-order valence-corrected chi connectivity index (χ3v) is 3.83. The van der Waals surface area contributed by atoms with E-state index >= 15 is 0 Å². The fourth-order valence-corrected chi connectivity index (χ4v) is 2.61. The van der Waals surface area contributed by atoms with Crippen molar-refractivity contribution < 1.29 is 9.90 Å². The fourth-order valence-electron chi connectivity index (χ4n) is 1.70. The Morgan fingerprint density at radius 3 is 2.84 bits per heavy atom. The standard InChI is InChI=1S/C13H13ClN2O2S/c1-2-16(8-9-4-3-7-19-9)11-6-5-10(14)12(15-11)13(17)18/h3-7H,2,8H2,1H3,(H,17,18). The van der Waals surface area contributed by atoms with Crippen molar-refractivity contribution in [2.24, 2.45) is 0 Å². The van der Waals surface area contributed by atoms with Gasteiger partial charge in [-0.25, -0.2) is 9.78 Å². The van der Waals surface area contributed by atoms with E-state index in [1.807, 2.05) is 29.3 Å². The summed E-state index contributed by atoms with van der Waals surface area (Å²) in [4.78, 5) is 18.4. The first-order valence-electron chi connectivity index (χ1n) is 5.79. The number of aromatic nitrogens is 1. The van der Waals surface area contributed by atoms with E-state index in [-0.39, 0.29) is 10.7 Å². The number of nitrogens with zero attached hydrogens (tertiary/aromatic N) is 2. The minimum atomic E-state index is -1.11. The van der Waals surface area contributed by atoms with Gasteiger partial charge in [0.05, 0.1) is 11.6 Å². The van der Waals surface area contributed by atoms with Crippen LogP contribution in [0.1, 0.15) is 22.3 Å². The van der Waals surface area contributed by atoms with Crippen molar-refractivity contribution >= 4 is 34.7 Å². The highest BCUT2D eigenvalue weighted by molar-refractivity contribution is 7.09. The summed E-state index contributed by atoms with van der Waals surface area (Å²) in [5.74, 6) is -0.489. The number of rotatable bonds is 5.